The summed E-state index contributed by atoms with van der Waals surface area (Å²) in [5, 5.41) is 2.35. The lowest BCUT2D eigenvalue weighted by molar-refractivity contribution is 0.104. The van der Waals surface area contributed by atoms with Crippen LogP contribution in [-0.4, -0.2) is 5.78 Å². The number of fused-ring (bicyclic) bond motifs is 1. The van der Waals surface area contributed by atoms with E-state index in [4.69, 9.17) is 0 Å². The van der Waals surface area contributed by atoms with Crippen molar-refractivity contribution in [3.05, 3.63) is 89.0 Å². The number of carbonyl (C=O) groups is 1. The van der Waals surface area contributed by atoms with Crippen LogP contribution in [0.3, 0.4) is 0 Å². The van der Waals surface area contributed by atoms with Crippen LogP contribution in [0.2, 0.25) is 0 Å². The number of aryl methyl sites for hydroxylation is 2. The van der Waals surface area contributed by atoms with Crippen molar-refractivity contribution in [3.63, 3.8) is 0 Å². The normalized spacial score (nSPS) is 11.2. The van der Waals surface area contributed by atoms with Crippen molar-refractivity contribution in [3.8, 4) is 0 Å². The number of ketones is 1. The number of hydrogen-bond acceptors (Lipinski definition) is 1. The van der Waals surface area contributed by atoms with E-state index in [9.17, 15) is 4.79 Å². The maximum Gasteiger partial charge on any atom is 0.186 e. The molecule has 1 heteroatoms. The molecule has 3 aromatic rings. The first kappa shape index (κ1) is 14.3. The average molecular weight is 286 g/mol. The van der Waals surface area contributed by atoms with Gasteiger partial charge in [-0.25, -0.2) is 0 Å². The van der Waals surface area contributed by atoms with Crippen LogP contribution in [0.4, 0.5) is 0 Å². The van der Waals surface area contributed by atoms with Crippen molar-refractivity contribution >= 4 is 22.6 Å². The molecule has 0 saturated carbocycles. The zero-order valence-corrected chi connectivity index (χ0v) is 12.8. The predicted octanol–water partition coefficient (Wildman–Crippen LogP) is 5.35. The van der Waals surface area contributed by atoms with Crippen molar-refractivity contribution in [2.75, 3.05) is 0 Å². The van der Waals surface area contributed by atoms with E-state index in [1.807, 2.05) is 62.4 Å². The van der Waals surface area contributed by atoms with Crippen molar-refractivity contribution in [1.29, 1.82) is 0 Å². The van der Waals surface area contributed by atoms with Gasteiger partial charge in [0.05, 0.1) is 0 Å². The SMILES string of the molecule is Cc1ccc(C(=O)/C=C\c2cccc3ccccc23)c(C)c1. The Kier molecular flexibility index (Phi) is 3.88. The van der Waals surface area contributed by atoms with E-state index in [2.05, 4.69) is 18.2 Å². The summed E-state index contributed by atoms with van der Waals surface area (Å²) in [5.41, 5.74) is 4.03. The Morgan fingerprint density at radius 3 is 2.50 bits per heavy atom. The summed E-state index contributed by atoms with van der Waals surface area (Å²) in [6, 6.07) is 20.3. The van der Waals surface area contributed by atoms with E-state index < -0.39 is 0 Å². The monoisotopic (exact) mass is 286 g/mol. The molecule has 0 heterocycles. The van der Waals surface area contributed by atoms with E-state index >= 15 is 0 Å². The first-order valence-electron chi connectivity index (χ1n) is 7.42. The molecule has 0 aromatic heterocycles. The van der Waals surface area contributed by atoms with Crippen molar-refractivity contribution in [1.82, 2.24) is 0 Å². The maximum absolute atomic E-state index is 12.4. The molecule has 0 atom stereocenters. The Balaban J connectivity index is 1.94. The minimum Gasteiger partial charge on any atom is -0.289 e. The fraction of sp³-hybridized carbons (Fsp3) is 0.0952. The second-order valence-electron chi connectivity index (χ2n) is 5.58. The van der Waals surface area contributed by atoms with Gasteiger partial charge in [-0.1, -0.05) is 72.3 Å². The molecule has 3 aromatic carbocycles. The van der Waals surface area contributed by atoms with Crippen molar-refractivity contribution in [2.24, 2.45) is 0 Å². The van der Waals surface area contributed by atoms with Gasteiger partial charge in [-0.05, 0) is 41.8 Å². The van der Waals surface area contributed by atoms with Crippen LogP contribution < -0.4 is 0 Å². The smallest absolute Gasteiger partial charge is 0.186 e. The molecular weight excluding hydrogens is 268 g/mol. The molecule has 108 valence electrons. The van der Waals surface area contributed by atoms with Crippen LogP contribution in [-0.2, 0) is 0 Å². The van der Waals surface area contributed by atoms with Crippen molar-refractivity contribution in [2.45, 2.75) is 13.8 Å². The van der Waals surface area contributed by atoms with Crippen LogP contribution in [0.1, 0.15) is 27.0 Å². The van der Waals surface area contributed by atoms with Gasteiger partial charge < -0.3 is 0 Å². The lowest BCUT2D eigenvalue weighted by atomic mass is 10.00. The summed E-state index contributed by atoms with van der Waals surface area (Å²) in [6.45, 7) is 4.01. The molecule has 0 amide bonds. The molecule has 0 unspecified atom stereocenters. The lowest BCUT2D eigenvalue weighted by Crippen LogP contribution is -1.98. The van der Waals surface area contributed by atoms with Crippen LogP contribution in [0.5, 0.6) is 0 Å². The average Bonchev–Trinajstić information content (AvgIpc) is 2.52. The van der Waals surface area contributed by atoms with Crippen LogP contribution in [0.25, 0.3) is 16.8 Å². The molecule has 0 N–H and O–H groups in total. The van der Waals surface area contributed by atoms with Gasteiger partial charge in [0.15, 0.2) is 5.78 Å². The highest BCUT2D eigenvalue weighted by atomic mass is 16.1. The molecule has 0 aliphatic carbocycles. The summed E-state index contributed by atoms with van der Waals surface area (Å²) in [4.78, 5) is 12.4. The fourth-order valence-electron chi connectivity index (χ4n) is 2.74. The first-order valence-corrected chi connectivity index (χ1v) is 7.42. The van der Waals surface area contributed by atoms with Gasteiger partial charge >= 0.3 is 0 Å². The van der Waals surface area contributed by atoms with E-state index in [-0.39, 0.29) is 5.78 Å². The Hall–Kier alpha value is -2.67. The number of hydrogen-bond donors (Lipinski definition) is 0. The highest BCUT2D eigenvalue weighted by Crippen LogP contribution is 2.20. The lowest BCUT2D eigenvalue weighted by Gasteiger charge is -2.04. The molecule has 0 fully saturated rings. The van der Waals surface area contributed by atoms with Crippen LogP contribution in [0, 0.1) is 13.8 Å². The molecule has 0 spiro atoms. The van der Waals surface area contributed by atoms with Crippen LogP contribution >= 0.6 is 0 Å². The Morgan fingerprint density at radius 1 is 0.909 bits per heavy atom. The van der Waals surface area contributed by atoms with Gasteiger partial charge in [0.2, 0.25) is 0 Å². The highest BCUT2D eigenvalue weighted by Gasteiger charge is 2.06. The molecule has 0 saturated heterocycles. The number of rotatable bonds is 3. The Morgan fingerprint density at radius 2 is 1.68 bits per heavy atom. The summed E-state index contributed by atoms with van der Waals surface area (Å²) in [7, 11) is 0. The predicted molar refractivity (Wildman–Crippen MR) is 93.2 cm³/mol. The molecule has 0 aliphatic heterocycles. The van der Waals surface area contributed by atoms with Gasteiger partial charge in [-0.3, -0.25) is 4.79 Å². The van der Waals surface area contributed by atoms with Gasteiger partial charge in [0.25, 0.3) is 0 Å². The summed E-state index contributed by atoms with van der Waals surface area (Å²) < 4.78 is 0. The van der Waals surface area contributed by atoms with Crippen molar-refractivity contribution < 1.29 is 4.79 Å². The highest BCUT2D eigenvalue weighted by molar-refractivity contribution is 6.08. The maximum atomic E-state index is 12.4. The number of carbonyl (C=O) groups excluding carboxylic acids is 1. The summed E-state index contributed by atoms with van der Waals surface area (Å²) in [5.74, 6) is 0.0467. The zero-order valence-electron chi connectivity index (χ0n) is 12.8. The largest absolute Gasteiger partial charge is 0.289 e. The molecule has 0 aliphatic rings. The standard InChI is InChI=1S/C21H18O/c1-15-10-12-19(16(2)14-15)21(22)13-11-18-8-5-7-17-6-3-4-9-20(17)18/h3-14H,1-2H3/b13-11-. The third-order valence-corrected chi connectivity index (χ3v) is 3.88. The number of allylic oxidation sites excluding steroid dienone is 1. The van der Waals surface area contributed by atoms with Gasteiger partial charge in [-0.2, -0.15) is 0 Å². The second kappa shape index (κ2) is 5.98. The van der Waals surface area contributed by atoms with Gasteiger partial charge in [0.1, 0.15) is 0 Å². The summed E-state index contributed by atoms with van der Waals surface area (Å²) in [6.07, 6.45) is 3.57. The zero-order chi connectivity index (χ0) is 15.5. The topological polar surface area (TPSA) is 17.1 Å². The Labute approximate surface area is 130 Å². The third-order valence-electron chi connectivity index (χ3n) is 3.88. The molecule has 3 rings (SSSR count). The minimum absolute atomic E-state index is 0.0467. The Bertz CT molecular complexity index is 867. The van der Waals surface area contributed by atoms with E-state index in [1.165, 1.54) is 10.9 Å². The molecule has 0 bridgehead atoms. The van der Waals surface area contributed by atoms with Gasteiger partial charge in [0, 0.05) is 5.56 Å². The minimum atomic E-state index is 0.0467. The van der Waals surface area contributed by atoms with Crippen LogP contribution in [0.15, 0.2) is 66.7 Å². The van der Waals surface area contributed by atoms with E-state index in [1.54, 1.807) is 6.08 Å². The van der Waals surface area contributed by atoms with Gasteiger partial charge in [-0.15, -0.1) is 0 Å². The molecular formula is C21H18O. The summed E-state index contributed by atoms with van der Waals surface area (Å²) >= 11 is 0. The quantitative estimate of drug-likeness (QED) is 0.468. The van der Waals surface area contributed by atoms with E-state index in [0.717, 1.165) is 22.1 Å². The molecule has 0 radical (unpaired) electrons. The fourth-order valence-corrected chi connectivity index (χ4v) is 2.74. The first-order chi connectivity index (χ1) is 10.6. The third kappa shape index (κ3) is 2.84. The number of benzene rings is 3. The molecule has 22 heavy (non-hydrogen) atoms. The van der Waals surface area contributed by atoms with E-state index in [0.29, 0.717) is 0 Å². The second-order valence-corrected chi connectivity index (χ2v) is 5.58. The molecule has 1 nitrogen and oxygen atoms in total.